The molecule has 6 heterocycles. The molecule has 2 N–H and O–H groups in total. The number of hydrogen-bond donors (Lipinski definition) is 2. The molecule has 2 aromatic heterocycles. The number of hydrogen-bond acceptors (Lipinski definition) is 8. The van der Waals surface area contributed by atoms with Crippen LogP contribution in [0.5, 0.6) is 11.5 Å². The van der Waals surface area contributed by atoms with Crippen LogP contribution in [0.25, 0.3) is 21.8 Å². The molecule has 0 atom stereocenters. The van der Waals surface area contributed by atoms with Crippen LogP contribution in [0.1, 0.15) is 86.5 Å². The van der Waals surface area contributed by atoms with Gasteiger partial charge in [-0.05, 0) is 146 Å². The molecule has 8 rings (SSSR count). The molecular weight excluding hydrogens is 608 g/mol. The van der Waals surface area contributed by atoms with Gasteiger partial charge in [-0.2, -0.15) is 0 Å². The molecule has 49 heavy (non-hydrogen) atoms. The lowest BCUT2D eigenvalue weighted by Crippen LogP contribution is -2.46. The Hall–Kier alpha value is -3.30. The lowest BCUT2D eigenvalue weighted by Gasteiger charge is -2.40. The lowest BCUT2D eigenvalue weighted by molar-refractivity contribution is 0.0893. The van der Waals surface area contributed by atoms with Gasteiger partial charge in [-0.1, -0.05) is 25.0 Å². The number of benzene rings is 2. The van der Waals surface area contributed by atoms with Crippen LogP contribution in [0.2, 0.25) is 0 Å². The van der Waals surface area contributed by atoms with Gasteiger partial charge in [0.25, 0.3) is 0 Å². The number of phenolic OH excluding ortho intramolecular Hbond substituents is 2. The number of aromatic hydroxyl groups is 2. The van der Waals surface area contributed by atoms with E-state index in [1.165, 1.54) is 90.4 Å². The fourth-order valence-corrected chi connectivity index (χ4v) is 9.40. The number of phenols is 2. The second-order valence-corrected chi connectivity index (χ2v) is 15.3. The van der Waals surface area contributed by atoms with Gasteiger partial charge in [0, 0.05) is 59.5 Å². The summed E-state index contributed by atoms with van der Waals surface area (Å²) in [6.07, 6.45) is 17.2. The SMILES string of the molecule is Oc1c(CN2CCC(N3CCCCC3)CC2)cc(Cc2cc(CN3CCC(N4CCCCC4)CC3)c(O)c3ncccc23)c2cccnc12. The molecule has 4 saturated heterocycles. The number of fused-ring (bicyclic) bond motifs is 2. The van der Waals surface area contributed by atoms with Crippen molar-refractivity contribution in [3.8, 4) is 11.5 Å². The maximum atomic E-state index is 11.5. The minimum atomic E-state index is 0.309. The molecule has 4 aromatic rings. The van der Waals surface area contributed by atoms with Crippen molar-refractivity contribution in [1.82, 2.24) is 29.6 Å². The highest BCUT2D eigenvalue weighted by atomic mass is 16.3. The van der Waals surface area contributed by atoms with Crippen LogP contribution in [0.3, 0.4) is 0 Å². The van der Waals surface area contributed by atoms with Crippen LogP contribution in [0.15, 0.2) is 48.8 Å². The predicted molar refractivity (Wildman–Crippen MR) is 197 cm³/mol. The number of nitrogens with zero attached hydrogens (tertiary/aromatic N) is 6. The molecule has 0 saturated carbocycles. The summed E-state index contributed by atoms with van der Waals surface area (Å²) in [7, 11) is 0. The van der Waals surface area contributed by atoms with Crippen LogP contribution in [0.4, 0.5) is 0 Å². The number of piperidine rings is 4. The van der Waals surface area contributed by atoms with Crippen molar-refractivity contribution in [2.75, 3.05) is 52.4 Å². The summed E-state index contributed by atoms with van der Waals surface area (Å²) in [5.41, 5.74) is 5.57. The molecule has 0 unspecified atom stereocenters. The van der Waals surface area contributed by atoms with Crippen LogP contribution >= 0.6 is 0 Å². The zero-order valence-electron chi connectivity index (χ0n) is 29.2. The van der Waals surface area contributed by atoms with Gasteiger partial charge in [-0.25, -0.2) is 0 Å². The summed E-state index contributed by atoms with van der Waals surface area (Å²) in [5, 5.41) is 25.0. The largest absolute Gasteiger partial charge is 0.505 e. The molecule has 4 aliphatic heterocycles. The van der Waals surface area contributed by atoms with Crippen molar-refractivity contribution < 1.29 is 10.2 Å². The smallest absolute Gasteiger partial charge is 0.146 e. The fourth-order valence-electron chi connectivity index (χ4n) is 9.40. The number of rotatable bonds is 8. The Labute approximate surface area is 291 Å². The van der Waals surface area contributed by atoms with E-state index in [1.807, 2.05) is 12.1 Å². The second kappa shape index (κ2) is 14.9. The summed E-state index contributed by atoms with van der Waals surface area (Å²) in [5.74, 6) is 0.617. The first-order valence-electron chi connectivity index (χ1n) is 19.2. The Balaban J connectivity index is 1.03. The minimum absolute atomic E-state index is 0.309. The Bertz CT molecular complexity index is 1610. The molecule has 0 spiro atoms. The molecule has 4 fully saturated rings. The first kappa shape index (κ1) is 32.9. The van der Waals surface area contributed by atoms with Crippen molar-refractivity contribution in [1.29, 1.82) is 0 Å². The predicted octanol–water partition coefficient (Wildman–Crippen LogP) is 6.69. The van der Waals surface area contributed by atoms with Crippen LogP contribution in [-0.4, -0.2) is 104 Å². The Morgan fingerprint density at radius 2 is 0.939 bits per heavy atom. The maximum Gasteiger partial charge on any atom is 0.146 e. The summed E-state index contributed by atoms with van der Waals surface area (Å²) in [6, 6.07) is 13.9. The van der Waals surface area contributed by atoms with Gasteiger partial charge in [0.15, 0.2) is 0 Å². The van der Waals surface area contributed by atoms with Crippen molar-refractivity contribution >= 4 is 21.8 Å². The third kappa shape index (κ3) is 7.16. The van der Waals surface area contributed by atoms with E-state index in [4.69, 9.17) is 0 Å². The van der Waals surface area contributed by atoms with Crippen molar-refractivity contribution in [2.45, 2.75) is 95.8 Å². The number of pyridine rings is 2. The van der Waals surface area contributed by atoms with Crippen LogP contribution in [-0.2, 0) is 19.5 Å². The molecule has 8 nitrogen and oxygen atoms in total. The number of aromatic nitrogens is 2. The Morgan fingerprint density at radius 1 is 0.531 bits per heavy atom. The molecule has 0 amide bonds. The summed E-state index contributed by atoms with van der Waals surface area (Å²) >= 11 is 0. The molecule has 4 aliphatic rings. The van der Waals surface area contributed by atoms with E-state index >= 15 is 0 Å². The number of likely N-dealkylation sites (tertiary alicyclic amines) is 4. The van der Waals surface area contributed by atoms with Gasteiger partial charge < -0.3 is 20.0 Å². The molecule has 0 bridgehead atoms. The normalized spacial score (nSPS) is 21.6. The van der Waals surface area contributed by atoms with Crippen molar-refractivity contribution in [2.24, 2.45) is 0 Å². The van der Waals surface area contributed by atoms with E-state index in [0.717, 1.165) is 72.3 Å². The van der Waals surface area contributed by atoms with Gasteiger partial charge in [-0.3, -0.25) is 19.8 Å². The molecule has 260 valence electrons. The van der Waals surface area contributed by atoms with E-state index in [1.54, 1.807) is 12.4 Å². The minimum Gasteiger partial charge on any atom is -0.505 e. The van der Waals surface area contributed by atoms with Gasteiger partial charge in [-0.15, -0.1) is 0 Å². The third-order valence-electron chi connectivity index (χ3n) is 12.2. The van der Waals surface area contributed by atoms with E-state index in [2.05, 4.69) is 53.8 Å². The van der Waals surface area contributed by atoms with Gasteiger partial charge in [0.2, 0.25) is 0 Å². The van der Waals surface area contributed by atoms with Crippen LogP contribution in [0, 0.1) is 0 Å². The highest BCUT2D eigenvalue weighted by molar-refractivity contribution is 5.92. The Kier molecular flexibility index (Phi) is 10.00. The summed E-state index contributed by atoms with van der Waals surface area (Å²) in [4.78, 5) is 19.8. The first-order valence-corrected chi connectivity index (χ1v) is 19.2. The second-order valence-electron chi connectivity index (χ2n) is 15.3. The zero-order chi connectivity index (χ0) is 33.2. The molecule has 8 heteroatoms. The molecule has 2 aromatic carbocycles. The average molecular weight is 663 g/mol. The summed E-state index contributed by atoms with van der Waals surface area (Å²) < 4.78 is 0. The summed E-state index contributed by atoms with van der Waals surface area (Å²) in [6.45, 7) is 10.7. The average Bonchev–Trinajstić information content (AvgIpc) is 3.16. The monoisotopic (exact) mass is 662 g/mol. The quantitative estimate of drug-likeness (QED) is 0.216. The van der Waals surface area contributed by atoms with Crippen molar-refractivity contribution in [3.63, 3.8) is 0 Å². The molecule has 0 aliphatic carbocycles. The highest BCUT2D eigenvalue weighted by Gasteiger charge is 2.28. The van der Waals surface area contributed by atoms with Crippen molar-refractivity contribution in [3.05, 3.63) is 71.0 Å². The van der Waals surface area contributed by atoms with Gasteiger partial charge in [0.1, 0.15) is 22.5 Å². The Morgan fingerprint density at radius 3 is 1.35 bits per heavy atom. The maximum absolute atomic E-state index is 11.5. The molecular formula is C41H54N6O2. The topological polar surface area (TPSA) is 79.2 Å². The fraction of sp³-hybridized carbons (Fsp3) is 0.561. The lowest BCUT2D eigenvalue weighted by atomic mass is 9.92. The van der Waals surface area contributed by atoms with Gasteiger partial charge >= 0.3 is 0 Å². The van der Waals surface area contributed by atoms with E-state index < -0.39 is 0 Å². The third-order valence-corrected chi connectivity index (χ3v) is 12.2. The highest BCUT2D eigenvalue weighted by Crippen LogP contribution is 2.37. The van der Waals surface area contributed by atoms with Crippen LogP contribution < -0.4 is 0 Å². The first-order chi connectivity index (χ1) is 24.1. The standard InChI is InChI=1S/C41H54N6O2/c48-40-32(28-44-21-11-34(12-22-44)46-17-3-1-4-18-46)26-30(36-9-7-15-42-38(36)40)25-31-27-33(41(49)39-37(31)10-8-16-43-39)29-45-23-13-35(14-24-45)47-19-5-2-6-20-47/h7-10,15-16,26-27,34-35,48-49H,1-6,11-14,17-25,28-29H2. The van der Waals surface area contributed by atoms with E-state index in [9.17, 15) is 10.2 Å². The van der Waals surface area contributed by atoms with Gasteiger partial charge in [0.05, 0.1) is 0 Å². The zero-order valence-corrected chi connectivity index (χ0v) is 29.2. The molecule has 0 radical (unpaired) electrons. The van der Waals surface area contributed by atoms with E-state index in [0.29, 0.717) is 41.0 Å². The van der Waals surface area contributed by atoms with E-state index in [-0.39, 0.29) is 0 Å².